The first kappa shape index (κ1) is 30.4. The lowest BCUT2D eigenvalue weighted by molar-refractivity contribution is -0.162. The molecule has 0 aromatic carbocycles. The van der Waals surface area contributed by atoms with Crippen LogP contribution in [0.1, 0.15) is 98.3 Å². The number of rotatable bonds is 7. The van der Waals surface area contributed by atoms with Crippen molar-refractivity contribution in [3.05, 3.63) is 23.8 Å². The van der Waals surface area contributed by atoms with Gasteiger partial charge in [-0.05, 0) is 61.9 Å². The van der Waals surface area contributed by atoms with Crippen LogP contribution in [0.4, 0.5) is 0 Å². The van der Waals surface area contributed by atoms with Gasteiger partial charge in [0.25, 0.3) is 0 Å². The Kier molecular flexibility index (Phi) is 11.4. The average Bonchev–Trinajstić information content (AvgIpc) is 2.88. The molecule has 7 nitrogen and oxygen atoms in total. The first-order chi connectivity index (χ1) is 18.1. The summed E-state index contributed by atoms with van der Waals surface area (Å²) in [6.07, 6.45) is 15.4. The Morgan fingerprint density at radius 3 is 2.47 bits per heavy atom. The molecule has 0 bridgehead atoms. The molecule has 4 aliphatic rings. The first-order valence-electron chi connectivity index (χ1n) is 14.9. The summed E-state index contributed by atoms with van der Waals surface area (Å²) < 4.78 is 11.5. The lowest BCUT2D eigenvalue weighted by Crippen LogP contribution is -2.42. The van der Waals surface area contributed by atoms with E-state index in [9.17, 15) is 19.5 Å². The van der Waals surface area contributed by atoms with E-state index in [1.54, 1.807) is 0 Å². The largest absolute Gasteiger partial charge is 0.462 e. The molecule has 214 valence electrons. The van der Waals surface area contributed by atoms with Gasteiger partial charge in [-0.25, -0.2) is 0 Å². The van der Waals surface area contributed by atoms with Crippen LogP contribution < -0.4 is 5.73 Å². The molecule has 4 rings (SSSR count). The molecule has 1 heterocycles. The van der Waals surface area contributed by atoms with Crippen molar-refractivity contribution < 1.29 is 29.0 Å². The summed E-state index contributed by atoms with van der Waals surface area (Å²) in [5, 5.41) is 9.89. The highest BCUT2D eigenvalue weighted by molar-refractivity contribution is 5.76. The molecule has 1 amide bonds. The molecule has 1 aliphatic heterocycles. The molecule has 8 atom stereocenters. The molecule has 0 aromatic rings. The summed E-state index contributed by atoms with van der Waals surface area (Å²) >= 11 is 0. The maximum absolute atomic E-state index is 12.5. The van der Waals surface area contributed by atoms with E-state index in [4.69, 9.17) is 15.2 Å². The Hall–Kier alpha value is -2.15. The molecule has 2 fully saturated rings. The van der Waals surface area contributed by atoms with Gasteiger partial charge in [0, 0.05) is 18.3 Å². The fourth-order valence-corrected chi connectivity index (χ4v) is 6.46. The Balaban J connectivity index is 0.000000375. The lowest BCUT2D eigenvalue weighted by Gasteiger charge is -2.43. The van der Waals surface area contributed by atoms with Crippen molar-refractivity contribution >= 4 is 17.8 Å². The number of nitrogens with two attached hydrogens (primary N) is 1. The molecule has 1 saturated carbocycles. The van der Waals surface area contributed by atoms with E-state index in [0.717, 1.165) is 38.5 Å². The number of esters is 2. The number of hydrogen-bond acceptors (Lipinski definition) is 6. The Morgan fingerprint density at radius 2 is 1.87 bits per heavy atom. The Labute approximate surface area is 228 Å². The predicted octanol–water partition coefficient (Wildman–Crippen LogP) is 5.25. The molecule has 3 aliphatic carbocycles. The van der Waals surface area contributed by atoms with Gasteiger partial charge in [-0.2, -0.15) is 0 Å². The van der Waals surface area contributed by atoms with Crippen LogP contribution in [-0.2, 0) is 23.9 Å². The fraction of sp³-hybridized carbons (Fsp3) is 0.774. The molecule has 3 N–H and O–H groups in total. The third-order valence-electron chi connectivity index (χ3n) is 8.94. The summed E-state index contributed by atoms with van der Waals surface area (Å²) in [6.45, 7) is 8.33. The minimum absolute atomic E-state index is 0.0854. The maximum Gasteiger partial charge on any atom is 0.308 e. The zero-order chi connectivity index (χ0) is 27.8. The molecule has 0 spiro atoms. The van der Waals surface area contributed by atoms with Gasteiger partial charge in [-0.3, -0.25) is 14.4 Å². The van der Waals surface area contributed by atoms with Crippen LogP contribution in [0.3, 0.4) is 0 Å². The third kappa shape index (κ3) is 8.42. The fourth-order valence-electron chi connectivity index (χ4n) is 6.46. The van der Waals surface area contributed by atoms with Crippen molar-refractivity contribution in [1.82, 2.24) is 0 Å². The summed E-state index contributed by atoms with van der Waals surface area (Å²) in [5.74, 6) is 0.846. The molecular weight excluding hydrogens is 482 g/mol. The van der Waals surface area contributed by atoms with E-state index >= 15 is 0 Å². The van der Waals surface area contributed by atoms with Gasteiger partial charge < -0.3 is 20.3 Å². The van der Waals surface area contributed by atoms with E-state index in [2.05, 4.69) is 32.1 Å². The van der Waals surface area contributed by atoms with Crippen LogP contribution in [-0.4, -0.2) is 41.3 Å². The molecule has 38 heavy (non-hydrogen) atoms. The van der Waals surface area contributed by atoms with Gasteiger partial charge in [0.2, 0.25) is 5.91 Å². The summed E-state index contributed by atoms with van der Waals surface area (Å²) in [6, 6.07) is 0. The van der Waals surface area contributed by atoms with E-state index in [0.29, 0.717) is 24.2 Å². The highest BCUT2D eigenvalue weighted by Gasteiger charge is 2.42. The van der Waals surface area contributed by atoms with Crippen LogP contribution in [0.25, 0.3) is 0 Å². The van der Waals surface area contributed by atoms with Crippen molar-refractivity contribution in [2.24, 2.45) is 41.2 Å². The molecular formula is C31H49NO6. The van der Waals surface area contributed by atoms with Gasteiger partial charge in [0.1, 0.15) is 12.2 Å². The molecule has 0 radical (unpaired) electrons. The number of primary amides is 1. The zero-order valence-corrected chi connectivity index (χ0v) is 23.8. The van der Waals surface area contributed by atoms with Crippen LogP contribution >= 0.6 is 0 Å². The van der Waals surface area contributed by atoms with Crippen LogP contribution in [0.5, 0.6) is 0 Å². The number of hydrogen-bond donors (Lipinski definition) is 2. The summed E-state index contributed by atoms with van der Waals surface area (Å²) in [7, 11) is 0. The minimum Gasteiger partial charge on any atom is -0.462 e. The second-order valence-corrected chi connectivity index (χ2v) is 12.1. The monoisotopic (exact) mass is 531 g/mol. The molecule has 0 unspecified atom stereocenters. The van der Waals surface area contributed by atoms with Crippen molar-refractivity contribution in [2.75, 3.05) is 0 Å². The normalized spacial score (nSPS) is 34.1. The SMILES string of the molecule is CC[C@H](C)C(=O)O[C@H]1C[C@@H](C)C=C2C=C[C@H](C)[C@H](CC[C@H]3C[C@@H](O)CC(=O)O3)[C@H]21.NC(=O)C1CCCCC1. The minimum atomic E-state index is -0.597. The molecule has 1 saturated heterocycles. The van der Waals surface area contributed by atoms with Crippen LogP contribution in [0.2, 0.25) is 0 Å². The number of amides is 1. The number of cyclic esters (lactones) is 1. The summed E-state index contributed by atoms with van der Waals surface area (Å²) in [5.41, 5.74) is 6.40. The average molecular weight is 532 g/mol. The van der Waals surface area contributed by atoms with Gasteiger partial charge in [0.05, 0.1) is 18.4 Å². The van der Waals surface area contributed by atoms with Crippen molar-refractivity contribution in [2.45, 2.75) is 117 Å². The highest BCUT2D eigenvalue weighted by atomic mass is 16.5. The Bertz CT molecular complexity index is 876. The van der Waals surface area contributed by atoms with Crippen molar-refractivity contribution in [3.8, 4) is 0 Å². The van der Waals surface area contributed by atoms with E-state index in [1.165, 1.54) is 24.8 Å². The molecule has 7 heteroatoms. The number of fused-ring (bicyclic) bond motifs is 1. The van der Waals surface area contributed by atoms with Gasteiger partial charge in [0.15, 0.2) is 0 Å². The van der Waals surface area contributed by atoms with Crippen LogP contribution in [0.15, 0.2) is 23.8 Å². The first-order valence-corrected chi connectivity index (χ1v) is 14.9. The van der Waals surface area contributed by atoms with Crippen LogP contribution in [0, 0.1) is 35.5 Å². The second-order valence-electron chi connectivity index (χ2n) is 12.1. The lowest BCUT2D eigenvalue weighted by atomic mass is 9.65. The van der Waals surface area contributed by atoms with Gasteiger partial charge in [-0.1, -0.05) is 65.2 Å². The number of aliphatic hydroxyl groups is 1. The number of aliphatic hydroxyl groups excluding tert-OH is 1. The van der Waals surface area contributed by atoms with Gasteiger partial charge in [-0.15, -0.1) is 0 Å². The number of carbonyl (C=O) groups is 3. The zero-order valence-electron chi connectivity index (χ0n) is 23.8. The van der Waals surface area contributed by atoms with E-state index in [1.807, 2.05) is 13.8 Å². The van der Waals surface area contributed by atoms with E-state index in [-0.39, 0.29) is 54.2 Å². The standard InChI is InChI=1S/C24H36O5.C7H13NO/c1-5-15(3)24(27)29-21-11-14(2)10-17-7-6-16(4)20(23(17)21)9-8-19-12-18(25)13-22(26)28-19;8-7(9)6-4-2-1-3-5-6/h6-7,10,14-16,18-21,23,25H,5,8-9,11-13H2,1-4H3;6H,1-5H2,(H2,8,9)/t14-,15-,16-,18+,19-,20-,21-,23-;/m0./s1. The van der Waals surface area contributed by atoms with Crippen molar-refractivity contribution in [3.63, 3.8) is 0 Å². The topological polar surface area (TPSA) is 116 Å². The second kappa shape index (κ2) is 14.3. The quantitative estimate of drug-likeness (QED) is 0.434. The Morgan fingerprint density at radius 1 is 1.16 bits per heavy atom. The number of ether oxygens (including phenoxy) is 2. The van der Waals surface area contributed by atoms with E-state index < -0.39 is 6.10 Å². The highest BCUT2D eigenvalue weighted by Crippen LogP contribution is 2.45. The van der Waals surface area contributed by atoms with Crippen molar-refractivity contribution in [1.29, 1.82) is 0 Å². The summed E-state index contributed by atoms with van der Waals surface area (Å²) in [4.78, 5) is 34.8. The number of carbonyl (C=O) groups excluding carboxylic acids is 3. The predicted molar refractivity (Wildman–Crippen MR) is 147 cm³/mol. The van der Waals surface area contributed by atoms with Gasteiger partial charge >= 0.3 is 11.9 Å². The molecule has 0 aromatic heterocycles. The maximum atomic E-state index is 12.5. The third-order valence-corrected chi connectivity index (χ3v) is 8.94. The smallest absolute Gasteiger partial charge is 0.308 e. The number of allylic oxidation sites excluding steroid dienone is 3.